The fourth-order valence-corrected chi connectivity index (χ4v) is 3.95. The van der Waals surface area contributed by atoms with Gasteiger partial charge in [-0.2, -0.15) is 0 Å². The van der Waals surface area contributed by atoms with Gasteiger partial charge in [-0.25, -0.2) is 0 Å². The first-order chi connectivity index (χ1) is 15.5. The van der Waals surface area contributed by atoms with Crippen molar-refractivity contribution in [2.75, 3.05) is 5.32 Å². The van der Waals surface area contributed by atoms with Gasteiger partial charge in [-0.15, -0.1) is 10.2 Å². The fraction of sp³-hybridized carbons (Fsp3) is 0.125. The van der Waals surface area contributed by atoms with Crippen molar-refractivity contribution in [1.29, 1.82) is 0 Å². The number of ketones is 1. The Morgan fingerprint density at radius 2 is 1.72 bits per heavy atom. The number of Topliss-reactive ketones (excluding diaryl/α,β-unsaturated/α-hetero) is 1. The SMILES string of the molecule is CC(=O)c1ccc(NC(=O)[C@@H](C)Sc2nnc(-c3cccnc3)n2-c2ccccc2)cc1. The Bertz CT molecular complexity index is 1220. The lowest BCUT2D eigenvalue weighted by Crippen LogP contribution is -2.23. The van der Waals surface area contributed by atoms with E-state index in [0.717, 1.165) is 11.3 Å². The largest absolute Gasteiger partial charge is 0.325 e. The lowest BCUT2D eigenvalue weighted by Gasteiger charge is -2.14. The number of benzene rings is 2. The number of aromatic nitrogens is 4. The van der Waals surface area contributed by atoms with Crippen molar-refractivity contribution >= 4 is 29.1 Å². The molecule has 4 aromatic rings. The Morgan fingerprint density at radius 3 is 2.38 bits per heavy atom. The minimum absolute atomic E-state index is 0.0172. The molecule has 1 N–H and O–H groups in total. The van der Waals surface area contributed by atoms with E-state index in [0.29, 0.717) is 22.2 Å². The van der Waals surface area contributed by atoms with Crippen LogP contribution in [0.15, 0.2) is 84.3 Å². The summed E-state index contributed by atoms with van der Waals surface area (Å²) in [5.74, 6) is 0.465. The van der Waals surface area contributed by atoms with E-state index in [1.165, 1.54) is 18.7 Å². The zero-order valence-corrected chi connectivity index (χ0v) is 18.4. The monoisotopic (exact) mass is 443 g/mol. The van der Waals surface area contributed by atoms with Crippen LogP contribution < -0.4 is 5.32 Å². The normalized spacial score (nSPS) is 11.7. The van der Waals surface area contributed by atoms with Crippen molar-refractivity contribution in [3.8, 4) is 17.1 Å². The quantitative estimate of drug-likeness (QED) is 0.330. The van der Waals surface area contributed by atoms with E-state index in [9.17, 15) is 9.59 Å². The molecule has 2 heterocycles. The molecule has 32 heavy (non-hydrogen) atoms. The molecule has 0 aliphatic heterocycles. The zero-order valence-electron chi connectivity index (χ0n) is 17.6. The van der Waals surface area contributed by atoms with Gasteiger partial charge in [-0.1, -0.05) is 30.0 Å². The van der Waals surface area contributed by atoms with Gasteiger partial charge in [0.25, 0.3) is 0 Å². The van der Waals surface area contributed by atoms with Crippen LogP contribution in [-0.4, -0.2) is 36.7 Å². The molecule has 0 fully saturated rings. The van der Waals surface area contributed by atoms with Crippen LogP contribution in [0.4, 0.5) is 5.69 Å². The van der Waals surface area contributed by atoms with Crippen LogP contribution in [0, 0.1) is 0 Å². The van der Waals surface area contributed by atoms with Gasteiger partial charge in [0.05, 0.1) is 5.25 Å². The number of anilines is 1. The smallest absolute Gasteiger partial charge is 0.237 e. The summed E-state index contributed by atoms with van der Waals surface area (Å²) in [6.07, 6.45) is 3.44. The molecule has 0 radical (unpaired) electrons. The molecule has 0 spiro atoms. The third-order valence-electron chi connectivity index (χ3n) is 4.78. The topological polar surface area (TPSA) is 89.8 Å². The molecule has 2 aromatic carbocycles. The molecule has 4 rings (SSSR count). The number of hydrogen-bond donors (Lipinski definition) is 1. The molecule has 1 atom stereocenters. The first kappa shape index (κ1) is 21.5. The van der Waals surface area contributed by atoms with Crippen LogP contribution in [0.25, 0.3) is 17.1 Å². The summed E-state index contributed by atoms with van der Waals surface area (Å²) in [4.78, 5) is 28.4. The molecule has 8 heteroatoms. The minimum atomic E-state index is -0.434. The third kappa shape index (κ3) is 4.76. The van der Waals surface area contributed by atoms with Crippen LogP contribution in [0.5, 0.6) is 0 Å². The van der Waals surface area contributed by atoms with Crippen LogP contribution in [-0.2, 0) is 4.79 Å². The first-order valence-electron chi connectivity index (χ1n) is 10.0. The predicted octanol–water partition coefficient (Wildman–Crippen LogP) is 4.65. The Kier molecular flexibility index (Phi) is 6.42. The second-order valence-electron chi connectivity index (χ2n) is 7.10. The van der Waals surface area contributed by atoms with Crippen LogP contribution in [0.2, 0.25) is 0 Å². The summed E-state index contributed by atoms with van der Waals surface area (Å²) < 4.78 is 1.92. The fourth-order valence-electron chi connectivity index (χ4n) is 3.08. The first-order valence-corrected chi connectivity index (χ1v) is 10.9. The predicted molar refractivity (Wildman–Crippen MR) is 125 cm³/mol. The molecule has 0 unspecified atom stereocenters. The van der Waals surface area contributed by atoms with Crippen molar-refractivity contribution in [2.24, 2.45) is 0 Å². The van der Waals surface area contributed by atoms with Gasteiger partial charge >= 0.3 is 0 Å². The van der Waals surface area contributed by atoms with Crippen molar-refractivity contribution in [3.05, 3.63) is 84.7 Å². The van der Waals surface area contributed by atoms with Gasteiger partial charge in [-0.3, -0.25) is 19.1 Å². The molecule has 160 valence electrons. The standard InChI is InChI=1S/C24H21N5O2S/c1-16(30)18-10-12-20(13-11-18)26-23(31)17(2)32-24-28-27-22(19-7-6-14-25-15-19)29(24)21-8-4-3-5-9-21/h3-15,17H,1-2H3,(H,26,31)/t17-/m1/s1. The van der Waals surface area contributed by atoms with Gasteiger partial charge in [0.2, 0.25) is 5.91 Å². The van der Waals surface area contributed by atoms with E-state index >= 15 is 0 Å². The molecule has 0 saturated carbocycles. The van der Waals surface area contributed by atoms with E-state index < -0.39 is 5.25 Å². The second kappa shape index (κ2) is 9.57. The number of hydrogen-bond acceptors (Lipinski definition) is 6. The maximum atomic E-state index is 12.8. The number of carbonyl (C=O) groups is 2. The van der Waals surface area contributed by atoms with Crippen LogP contribution >= 0.6 is 11.8 Å². The number of carbonyl (C=O) groups excluding carboxylic acids is 2. The Morgan fingerprint density at radius 1 is 0.969 bits per heavy atom. The highest BCUT2D eigenvalue weighted by Gasteiger charge is 2.22. The number of rotatable bonds is 7. The molecular formula is C24H21N5O2S. The van der Waals surface area contributed by atoms with Gasteiger partial charge in [0, 0.05) is 34.9 Å². The molecule has 7 nitrogen and oxygen atoms in total. The van der Waals surface area contributed by atoms with E-state index in [1.807, 2.05) is 54.0 Å². The number of amides is 1. The highest BCUT2D eigenvalue weighted by molar-refractivity contribution is 8.00. The van der Waals surface area contributed by atoms with Crippen molar-refractivity contribution in [1.82, 2.24) is 19.7 Å². The molecule has 0 bridgehead atoms. The average Bonchev–Trinajstić information content (AvgIpc) is 3.24. The highest BCUT2D eigenvalue weighted by Crippen LogP contribution is 2.30. The number of thioether (sulfide) groups is 1. The Hall–Kier alpha value is -3.78. The molecular weight excluding hydrogens is 422 g/mol. The molecule has 0 aliphatic carbocycles. The van der Waals surface area contributed by atoms with Gasteiger partial charge < -0.3 is 5.32 Å². The van der Waals surface area contributed by atoms with Crippen molar-refractivity contribution < 1.29 is 9.59 Å². The number of pyridine rings is 1. The van der Waals surface area contributed by atoms with E-state index in [-0.39, 0.29) is 11.7 Å². The summed E-state index contributed by atoms with van der Waals surface area (Å²) in [5, 5.41) is 11.8. The van der Waals surface area contributed by atoms with Crippen LogP contribution in [0.3, 0.4) is 0 Å². The third-order valence-corrected chi connectivity index (χ3v) is 5.82. The lowest BCUT2D eigenvalue weighted by molar-refractivity contribution is -0.115. The molecule has 2 aromatic heterocycles. The summed E-state index contributed by atoms with van der Waals surface area (Å²) in [5.41, 5.74) is 2.96. The number of nitrogens with one attached hydrogen (secondary N) is 1. The average molecular weight is 444 g/mol. The zero-order chi connectivity index (χ0) is 22.5. The van der Waals surface area contributed by atoms with Gasteiger partial charge in [0.15, 0.2) is 16.8 Å². The van der Waals surface area contributed by atoms with Crippen LogP contribution in [0.1, 0.15) is 24.2 Å². The molecule has 0 aliphatic rings. The Balaban J connectivity index is 1.57. The van der Waals surface area contributed by atoms with Crippen molar-refractivity contribution in [2.45, 2.75) is 24.3 Å². The van der Waals surface area contributed by atoms with E-state index in [2.05, 4.69) is 20.5 Å². The maximum Gasteiger partial charge on any atom is 0.237 e. The minimum Gasteiger partial charge on any atom is -0.325 e. The van der Waals surface area contributed by atoms with Gasteiger partial charge in [-0.05, 0) is 62.4 Å². The van der Waals surface area contributed by atoms with E-state index in [1.54, 1.807) is 36.7 Å². The number of nitrogens with zero attached hydrogens (tertiary/aromatic N) is 4. The summed E-state index contributed by atoms with van der Waals surface area (Å²) >= 11 is 1.32. The molecule has 0 saturated heterocycles. The van der Waals surface area contributed by atoms with E-state index in [4.69, 9.17) is 0 Å². The molecule has 1 amide bonds. The highest BCUT2D eigenvalue weighted by atomic mass is 32.2. The summed E-state index contributed by atoms with van der Waals surface area (Å²) in [6.45, 7) is 3.33. The second-order valence-corrected chi connectivity index (χ2v) is 8.41. The summed E-state index contributed by atoms with van der Waals surface area (Å²) in [7, 11) is 0. The summed E-state index contributed by atoms with van der Waals surface area (Å²) in [6, 6.07) is 20.4. The lowest BCUT2D eigenvalue weighted by atomic mass is 10.1. The Labute approximate surface area is 189 Å². The number of para-hydroxylation sites is 1. The maximum absolute atomic E-state index is 12.8. The van der Waals surface area contributed by atoms with Crippen molar-refractivity contribution in [3.63, 3.8) is 0 Å². The van der Waals surface area contributed by atoms with Gasteiger partial charge in [0.1, 0.15) is 0 Å².